The fraction of sp³-hybridized carbons (Fsp3) is 0.667. The largest absolute Gasteiger partial charge is 0.465 e. The third-order valence-corrected chi connectivity index (χ3v) is 9.37. The number of anilines is 1. The number of fused-ring (bicyclic) bond motifs is 1. The molecule has 0 spiro atoms. The summed E-state index contributed by atoms with van der Waals surface area (Å²) in [7, 11) is -1.96. The van der Waals surface area contributed by atoms with Gasteiger partial charge in [0, 0.05) is 37.7 Å². The van der Waals surface area contributed by atoms with E-state index in [9.17, 15) is 18.3 Å². The molecular weight excluding hydrogens is 426 g/mol. The molecule has 0 aromatic heterocycles. The molecule has 1 amide bonds. The Bertz CT molecular complexity index is 909. The van der Waals surface area contributed by atoms with Gasteiger partial charge in [0.25, 0.3) is 0 Å². The van der Waals surface area contributed by atoms with E-state index in [0.29, 0.717) is 49.1 Å². The molecule has 1 aromatic carbocycles. The highest BCUT2D eigenvalue weighted by Crippen LogP contribution is 2.41. The second kappa shape index (κ2) is 8.55. The molecule has 3 aliphatic rings. The van der Waals surface area contributed by atoms with Crippen LogP contribution in [0.2, 0.25) is 5.02 Å². The molecule has 1 saturated carbocycles. The van der Waals surface area contributed by atoms with Crippen LogP contribution in [0.4, 0.5) is 10.5 Å². The number of halogens is 1. The molecular formula is C21H30ClN3O4S. The van der Waals surface area contributed by atoms with Crippen molar-refractivity contribution in [1.29, 1.82) is 0 Å². The fourth-order valence-electron chi connectivity index (χ4n) is 5.28. The van der Waals surface area contributed by atoms with Crippen molar-refractivity contribution in [3.63, 3.8) is 0 Å². The minimum atomic E-state index is -3.65. The van der Waals surface area contributed by atoms with Crippen molar-refractivity contribution in [1.82, 2.24) is 9.21 Å². The zero-order valence-corrected chi connectivity index (χ0v) is 18.9. The smallest absolute Gasteiger partial charge is 0.407 e. The molecule has 30 heavy (non-hydrogen) atoms. The summed E-state index contributed by atoms with van der Waals surface area (Å²) >= 11 is 6.57. The van der Waals surface area contributed by atoms with Gasteiger partial charge in [0.05, 0.1) is 5.69 Å². The normalized spacial score (nSPS) is 25.9. The second-order valence-corrected chi connectivity index (χ2v) is 11.2. The number of hydrogen-bond acceptors (Lipinski definition) is 4. The maximum Gasteiger partial charge on any atom is 0.407 e. The van der Waals surface area contributed by atoms with Crippen molar-refractivity contribution in [3.05, 3.63) is 22.7 Å². The van der Waals surface area contributed by atoms with Crippen LogP contribution in [-0.2, 0) is 10.0 Å². The first-order valence-electron chi connectivity index (χ1n) is 10.8. The van der Waals surface area contributed by atoms with Gasteiger partial charge in [-0.2, -0.15) is 4.31 Å². The van der Waals surface area contributed by atoms with E-state index in [-0.39, 0.29) is 16.9 Å². The Kier molecular flexibility index (Phi) is 6.19. The van der Waals surface area contributed by atoms with Crippen molar-refractivity contribution < 1.29 is 18.3 Å². The van der Waals surface area contributed by atoms with E-state index in [4.69, 9.17) is 11.6 Å². The highest BCUT2D eigenvalue weighted by Gasteiger charge is 2.38. The SMILES string of the molecule is CN1[C@H](C2CCCCC2)CNc2cc(C3CCN(C(=O)O)CC3)c(Cl)cc2S1(=O)=O. The first-order valence-corrected chi connectivity index (χ1v) is 12.6. The summed E-state index contributed by atoms with van der Waals surface area (Å²) in [4.78, 5) is 12.8. The summed E-state index contributed by atoms with van der Waals surface area (Å²) in [6.07, 6.45) is 6.15. The van der Waals surface area contributed by atoms with Crippen LogP contribution in [0.25, 0.3) is 0 Å². The van der Waals surface area contributed by atoms with Gasteiger partial charge in [0.2, 0.25) is 10.0 Å². The molecule has 9 heteroatoms. The van der Waals surface area contributed by atoms with Crippen molar-refractivity contribution in [2.24, 2.45) is 5.92 Å². The van der Waals surface area contributed by atoms with Crippen molar-refractivity contribution >= 4 is 33.4 Å². The standard InChI is InChI=1S/C21H30ClN3O4S/c1-24-19(15-5-3-2-4-6-15)13-23-18-11-16(17(22)12-20(18)30(24,28)29)14-7-9-25(10-8-14)21(26)27/h11-12,14-15,19,23H,2-10,13H2,1H3,(H,26,27)/t19-/m0/s1. The minimum absolute atomic E-state index is 0.0660. The molecule has 2 fully saturated rings. The third kappa shape index (κ3) is 4.01. The average Bonchev–Trinajstić information content (AvgIpc) is 2.83. The van der Waals surface area contributed by atoms with E-state index in [1.165, 1.54) is 11.3 Å². The maximum absolute atomic E-state index is 13.4. The Morgan fingerprint density at radius 1 is 1.13 bits per heavy atom. The Balaban J connectivity index is 1.62. The van der Waals surface area contributed by atoms with Gasteiger partial charge in [0.1, 0.15) is 4.90 Å². The maximum atomic E-state index is 13.4. The van der Waals surface area contributed by atoms with E-state index in [0.717, 1.165) is 31.2 Å². The number of amides is 1. The zero-order valence-electron chi connectivity index (χ0n) is 17.3. The number of nitrogens with one attached hydrogen (secondary N) is 1. The molecule has 0 radical (unpaired) electrons. The molecule has 1 atom stereocenters. The van der Waals surface area contributed by atoms with Gasteiger partial charge in [0.15, 0.2) is 0 Å². The molecule has 2 aliphatic heterocycles. The van der Waals surface area contributed by atoms with Gasteiger partial charge >= 0.3 is 6.09 Å². The van der Waals surface area contributed by atoms with Crippen molar-refractivity contribution in [3.8, 4) is 0 Å². The van der Waals surface area contributed by atoms with Crippen LogP contribution < -0.4 is 5.32 Å². The summed E-state index contributed by atoms with van der Waals surface area (Å²) < 4.78 is 28.3. The highest BCUT2D eigenvalue weighted by molar-refractivity contribution is 7.89. The summed E-state index contributed by atoms with van der Waals surface area (Å²) in [6, 6.07) is 3.40. The number of carboxylic acid groups (broad SMARTS) is 1. The predicted octanol–water partition coefficient (Wildman–Crippen LogP) is 4.19. The fourth-order valence-corrected chi connectivity index (χ4v) is 7.25. The first kappa shape index (κ1) is 21.7. The summed E-state index contributed by atoms with van der Waals surface area (Å²) in [5, 5.41) is 13.0. The lowest BCUT2D eigenvalue weighted by Crippen LogP contribution is -2.44. The van der Waals surface area contributed by atoms with Crippen LogP contribution in [0.15, 0.2) is 17.0 Å². The zero-order chi connectivity index (χ0) is 21.5. The lowest BCUT2D eigenvalue weighted by Gasteiger charge is -2.34. The van der Waals surface area contributed by atoms with Gasteiger partial charge in [-0.1, -0.05) is 30.9 Å². The molecule has 2 heterocycles. The second-order valence-electron chi connectivity index (χ2n) is 8.78. The lowest BCUT2D eigenvalue weighted by atomic mass is 9.84. The van der Waals surface area contributed by atoms with Gasteiger partial charge in [-0.15, -0.1) is 0 Å². The summed E-state index contributed by atoms with van der Waals surface area (Å²) in [5.74, 6) is 0.494. The van der Waals surface area contributed by atoms with Gasteiger partial charge < -0.3 is 15.3 Å². The number of likely N-dealkylation sites (tertiary alicyclic amines) is 1. The topological polar surface area (TPSA) is 89.9 Å². The first-order chi connectivity index (χ1) is 14.3. The van der Waals surface area contributed by atoms with Gasteiger partial charge in [-0.25, -0.2) is 13.2 Å². The molecule has 4 rings (SSSR count). The van der Waals surface area contributed by atoms with E-state index < -0.39 is 16.1 Å². The number of hydrogen-bond donors (Lipinski definition) is 2. The monoisotopic (exact) mass is 455 g/mol. The van der Waals surface area contributed by atoms with E-state index in [2.05, 4.69) is 5.32 Å². The van der Waals surface area contributed by atoms with Crippen LogP contribution >= 0.6 is 11.6 Å². The molecule has 1 saturated heterocycles. The minimum Gasteiger partial charge on any atom is -0.465 e. The van der Waals surface area contributed by atoms with Crippen LogP contribution in [0.5, 0.6) is 0 Å². The Hall–Kier alpha value is -1.51. The molecule has 0 bridgehead atoms. The van der Waals surface area contributed by atoms with Crippen molar-refractivity contribution in [2.45, 2.75) is 61.8 Å². The number of nitrogens with zero attached hydrogens (tertiary/aromatic N) is 2. The number of carbonyl (C=O) groups is 1. The average molecular weight is 456 g/mol. The number of benzene rings is 1. The number of likely N-dealkylation sites (N-methyl/N-ethyl adjacent to an activating group) is 1. The summed E-state index contributed by atoms with van der Waals surface area (Å²) in [6.45, 7) is 1.52. The lowest BCUT2D eigenvalue weighted by molar-refractivity contribution is 0.132. The molecule has 7 nitrogen and oxygen atoms in total. The molecule has 1 aliphatic carbocycles. The highest BCUT2D eigenvalue weighted by atomic mass is 35.5. The quantitative estimate of drug-likeness (QED) is 0.697. The molecule has 166 valence electrons. The predicted molar refractivity (Wildman–Crippen MR) is 117 cm³/mol. The van der Waals surface area contributed by atoms with Crippen LogP contribution in [0.3, 0.4) is 0 Å². The Morgan fingerprint density at radius 3 is 2.43 bits per heavy atom. The Morgan fingerprint density at radius 2 is 1.80 bits per heavy atom. The van der Waals surface area contributed by atoms with E-state index in [1.807, 2.05) is 6.07 Å². The number of sulfonamides is 1. The molecule has 0 unspecified atom stereocenters. The van der Waals surface area contributed by atoms with Crippen LogP contribution in [0.1, 0.15) is 56.4 Å². The molecule has 2 N–H and O–H groups in total. The van der Waals surface area contributed by atoms with Gasteiger partial charge in [-0.3, -0.25) is 0 Å². The number of piperidine rings is 1. The third-order valence-electron chi connectivity index (χ3n) is 7.12. The van der Waals surface area contributed by atoms with Crippen LogP contribution in [0, 0.1) is 5.92 Å². The van der Waals surface area contributed by atoms with Crippen molar-refractivity contribution in [2.75, 3.05) is 32.0 Å². The van der Waals surface area contributed by atoms with E-state index >= 15 is 0 Å². The number of rotatable bonds is 2. The van der Waals surface area contributed by atoms with Gasteiger partial charge in [-0.05, 0) is 55.2 Å². The van der Waals surface area contributed by atoms with E-state index in [1.54, 1.807) is 17.4 Å². The molecule has 1 aromatic rings. The Labute approximate surface area is 183 Å². The van der Waals surface area contributed by atoms with Crippen LogP contribution in [-0.4, -0.2) is 61.5 Å². The summed E-state index contributed by atoms with van der Waals surface area (Å²) in [5.41, 5.74) is 1.52.